The van der Waals surface area contributed by atoms with E-state index in [4.69, 9.17) is 0 Å². The van der Waals surface area contributed by atoms with Crippen LogP contribution < -0.4 is 5.32 Å². The molecule has 0 bridgehead atoms. The second kappa shape index (κ2) is 5.50. The van der Waals surface area contributed by atoms with Crippen LogP contribution in [0, 0.1) is 13.8 Å². The first-order valence-corrected chi connectivity index (χ1v) is 6.29. The van der Waals surface area contributed by atoms with E-state index in [1.54, 1.807) is 0 Å². The van der Waals surface area contributed by atoms with Gasteiger partial charge >= 0.3 is 0 Å². The van der Waals surface area contributed by atoms with E-state index in [9.17, 15) is 0 Å². The molecule has 0 radical (unpaired) electrons. The Bertz CT molecular complexity index is 385. The minimum Gasteiger partial charge on any atom is -0.316 e. The molecule has 0 aliphatic heterocycles. The predicted octanol–water partition coefficient (Wildman–Crippen LogP) is 3.83. The largest absolute Gasteiger partial charge is 0.316 e. The summed E-state index contributed by atoms with van der Waals surface area (Å²) in [6, 6.07) is 4.62. The van der Waals surface area contributed by atoms with Crippen molar-refractivity contribution in [3.63, 3.8) is 0 Å². The molecular formula is C16H25N. The van der Waals surface area contributed by atoms with E-state index in [2.05, 4.69) is 64.2 Å². The Hall–Kier alpha value is -1.08. The molecule has 94 valence electrons. The molecule has 0 heterocycles. The van der Waals surface area contributed by atoms with Crippen molar-refractivity contribution < 1.29 is 0 Å². The minimum atomic E-state index is 0.225. The number of likely N-dealkylation sites (N-methyl/N-ethyl adjacent to an activating group) is 1. The van der Waals surface area contributed by atoms with Crippen molar-refractivity contribution in [2.45, 2.75) is 40.0 Å². The monoisotopic (exact) mass is 231 g/mol. The molecule has 0 aliphatic rings. The third-order valence-electron chi connectivity index (χ3n) is 3.07. The average molecular weight is 231 g/mol. The van der Waals surface area contributed by atoms with Crippen LogP contribution >= 0.6 is 0 Å². The molecule has 0 amide bonds. The van der Waals surface area contributed by atoms with Crippen LogP contribution in [0.3, 0.4) is 0 Å². The fourth-order valence-electron chi connectivity index (χ4n) is 1.97. The van der Waals surface area contributed by atoms with Crippen molar-refractivity contribution in [2.24, 2.45) is 0 Å². The maximum absolute atomic E-state index is 3.13. The first kappa shape index (κ1) is 14.0. The second-order valence-electron chi connectivity index (χ2n) is 5.73. The van der Waals surface area contributed by atoms with Crippen LogP contribution in [-0.2, 0) is 5.41 Å². The Balaban J connectivity index is 3.11. The summed E-state index contributed by atoms with van der Waals surface area (Å²) >= 11 is 0. The number of aryl methyl sites for hydroxylation is 2. The van der Waals surface area contributed by atoms with Crippen LogP contribution in [0.4, 0.5) is 0 Å². The Morgan fingerprint density at radius 3 is 2.06 bits per heavy atom. The molecule has 1 aromatic rings. The molecule has 17 heavy (non-hydrogen) atoms. The highest BCUT2D eigenvalue weighted by molar-refractivity contribution is 5.59. The normalized spacial score (nSPS) is 12.4. The first-order valence-electron chi connectivity index (χ1n) is 6.29. The van der Waals surface area contributed by atoms with Gasteiger partial charge in [-0.05, 0) is 48.6 Å². The van der Waals surface area contributed by atoms with Gasteiger partial charge in [-0.25, -0.2) is 0 Å². The average Bonchev–Trinajstić information content (AvgIpc) is 2.20. The number of hydrogen-bond acceptors (Lipinski definition) is 1. The zero-order valence-corrected chi connectivity index (χ0v) is 12.0. The SMILES string of the molecule is CNCC=Cc1c(C)cc(C(C)(C)C)cc1C. The summed E-state index contributed by atoms with van der Waals surface area (Å²) in [5.74, 6) is 0. The van der Waals surface area contributed by atoms with E-state index in [-0.39, 0.29) is 5.41 Å². The Kier molecular flexibility index (Phi) is 4.53. The van der Waals surface area contributed by atoms with Gasteiger partial charge in [-0.2, -0.15) is 0 Å². The fourth-order valence-corrected chi connectivity index (χ4v) is 1.97. The zero-order valence-electron chi connectivity index (χ0n) is 12.0. The topological polar surface area (TPSA) is 12.0 Å². The van der Waals surface area contributed by atoms with Gasteiger partial charge in [-0.15, -0.1) is 0 Å². The third kappa shape index (κ3) is 3.71. The predicted molar refractivity (Wildman–Crippen MR) is 77.6 cm³/mol. The fraction of sp³-hybridized carbons (Fsp3) is 0.500. The lowest BCUT2D eigenvalue weighted by molar-refractivity contribution is 0.589. The molecule has 1 nitrogen and oxygen atoms in total. The van der Waals surface area contributed by atoms with Crippen LogP contribution in [0.15, 0.2) is 18.2 Å². The summed E-state index contributed by atoms with van der Waals surface area (Å²) in [7, 11) is 1.97. The van der Waals surface area contributed by atoms with Crippen molar-refractivity contribution >= 4 is 6.08 Å². The molecule has 1 heteroatoms. The highest BCUT2D eigenvalue weighted by Crippen LogP contribution is 2.27. The number of rotatable bonds is 3. The van der Waals surface area contributed by atoms with E-state index < -0.39 is 0 Å². The van der Waals surface area contributed by atoms with Gasteiger partial charge in [0.05, 0.1) is 0 Å². The molecular weight excluding hydrogens is 206 g/mol. The van der Waals surface area contributed by atoms with Crippen molar-refractivity contribution in [3.8, 4) is 0 Å². The Labute approximate surface area is 106 Å². The zero-order chi connectivity index (χ0) is 13.1. The highest BCUT2D eigenvalue weighted by Gasteiger charge is 2.15. The van der Waals surface area contributed by atoms with Gasteiger partial charge in [0.25, 0.3) is 0 Å². The van der Waals surface area contributed by atoms with Crippen molar-refractivity contribution in [2.75, 3.05) is 13.6 Å². The lowest BCUT2D eigenvalue weighted by Crippen LogP contribution is -2.12. The molecule has 0 fully saturated rings. The Morgan fingerprint density at radius 1 is 1.12 bits per heavy atom. The smallest absolute Gasteiger partial charge is 0.0135 e. The molecule has 0 saturated carbocycles. The maximum Gasteiger partial charge on any atom is 0.0135 e. The van der Waals surface area contributed by atoms with Gasteiger partial charge in [0.1, 0.15) is 0 Å². The highest BCUT2D eigenvalue weighted by atomic mass is 14.8. The van der Waals surface area contributed by atoms with Gasteiger partial charge < -0.3 is 5.32 Å². The van der Waals surface area contributed by atoms with Gasteiger partial charge in [0.2, 0.25) is 0 Å². The lowest BCUT2D eigenvalue weighted by atomic mass is 9.84. The van der Waals surface area contributed by atoms with Gasteiger partial charge in [-0.1, -0.05) is 45.1 Å². The molecule has 0 aromatic heterocycles. The van der Waals surface area contributed by atoms with Gasteiger partial charge in [0.15, 0.2) is 0 Å². The standard InChI is InChI=1S/C16H25N/c1-12-10-14(16(3,4)5)11-13(2)15(12)8-7-9-17-6/h7-8,10-11,17H,9H2,1-6H3. The van der Waals surface area contributed by atoms with Crippen molar-refractivity contribution in [1.82, 2.24) is 5.32 Å². The maximum atomic E-state index is 3.13. The summed E-state index contributed by atoms with van der Waals surface area (Å²) < 4.78 is 0. The number of hydrogen-bond donors (Lipinski definition) is 1. The summed E-state index contributed by atoms with van der Waals surface area (Å²) in [5.41, 5.74) is 5.72. The van der Waals surface area contributed by atoms with E-state index in [1.165, 1.54) is 22.3 Å². The van der Waals surface area contributed by atoms with Crippen LogP contribution in [0.25, 0.3) is 6.08 Å². The first-order chi connectivity index (χ1) is 7.86. The van der Waals surface area contributed by atoms with Crippen molar-refractivity contribution in [3.05, 3.63) is 40.5 Å². The summed E-state index contributed by atoms with van der Waals surface area (Å²) in [6.07, 6.45) is 4.39. The van der Waals surface area contributed by atoms with E-state index >= 15 is 0 Å². The van der Waals surface area contributed by atoms with E-state index in [0.717, 1.165) is 6.54 Å². The third-order valence-corrected chi connectivity index (χ3v) is 3.07. The van der Waals surface area contributed by atoms with Gasteiger partial charge in [-0.3, -0.25) is 0 Å². The van der Waals surface area contributed by atoms with E-state index in [0.29, 0.717) is 0 Å². The molecule has 0 saturated heterocycles. The number of benzene rings is 1. The second-order valence-corrected chi connectivity index (χ2v) is 5.73. The summed E-state index contributed by atoms with van der Waals surface area (Å²) in [5, 5.41) is 3.13. The summed E-state index contributed by atoms with van der Waals surface area (Å²) in [4.78, 5) is 0. The molecule has 0 atom stereocenters. The van der Waals surface area contributed by atoms with E-state index in [1.807, 2.05) is 7.05 Å². The van der Waals surface area contributed by atoms with Crippen molar-refractivity contribution in [1.29, 1.82) is 0 Å². The number of nitrogens with one attached hydrogen (secondary N) is 1. The van der Waals surface area contributed by atoms with Crippen LogP contribution in [0.2, 0.25) is 0 Å². The molecule has 1 rings (SSSR count). The molecule has 1 aromatic carbocycles. The van der Waals surface area contributed by atoms with Gasteiger partial charge in [0, 0.05) is 6.54 Å². The Morgan fingerprint density at radius 2 is 1.65 bits per heavy atom. The van der Waals surface area contributed by atoms with Crippen LogP contribution in [-0.4, -0.2) is 13.6 Å². The minimum absolute atomic E-state index is 0.225. The van der Waals surface area contributed by atoms with Crippen LogP contribution in [0.1, 0.15) is 43.0 Å². The molecule has 0 unspecified atom stereocenters. The molecule has 0 aliphatic carbocycles. The molecule has 1 N–H and O–H groups in total. The summed E-state index contributed by atoms with van der Waals surface area (Å²) in [6.45, 7) is 12.1. The van der Waals surface area contributed by atoms with Crippen LogP contribution in [0.5, 0.6) is 0 Å². The molecule has 0 spiro atoms. The lowest BCUT2D eigenvalue weighted by Gasteiger charge is -2.21. The quantitative estimate of drug-likeness (QED) is 0.833.